The van der Waals surface area contributed by atoms with Gasteiger partial charge in [-0.15, -0.1) is 0 Å². The molecule has 2 amide bonds. The molecule has 0 saturated heterocycles. The average Bonchev–Trinajstić information content (AvgIpc) is 2.43. The lowest BCUT2D eigenvalue weighted by atomic mass is 10.1. The number of hydrogen-bond donors (Lipinski definition) is 3. The Morgan fingerprint density at radius 3 is 2.38 bits per heavy atom. The van der Waals surface area contributed by atoms with Crippen LogP contribution in [0.2, 0.25) is 0 Å². The molecule has 4 N–H and O–H groups in total. The van der Waals surface area contributed by atoms with Crippen LogP contribution in [0, 0.1) is 0 Å². The van der Waals surface area contributed by atoms with Gasteiger partial charge in [0.05, 0.1) is 13.5 Å². The number of carboxylic acid groups (broad SMARTS) is 1. The molecule has 7 heteroatoms. The Morgan fingerprint density at radius 2 is 1.90 bits per heavy atom. The quantitative estimate of drug-likeness (QED) is 0.627. The lowest BCUT2D eigenvalue weighted by Gasteiger charge is -2.13. The number of carboxylic acids is 1. The second-order valence-electron chi connectivity index (χ2n) is 4.49. The maximum atomic E-state index is 11.8. The Kier molecular flexibility index (Phi) is 6.19. The average molecular weight is 294 g/mol. The Morgan fingerprint density at radius 1 is 1.29 bits per heavy atom. The Hall–Kier alpha value is -2.57. The van der Waals surface area contributed by atoms with Crippen molar-refractivity contribution in [1.82, 2.24) is 5.32 Å². The fourth-order valence-electron chi connectivity index (χ4n) is 1.72. The highest BCUT2D eigenvalue weighted by Crippen LogP contribution is 2.11. The van der Waals surface area contributed by atoms with Crippen molar-refractivity contribution in [3.05, 3.63) is 29.8 Å². The van der Waals surface area contributed by atoms with Gasteiger partial charge in [-0.05, 0) is 24.1 Å². The molecule has 0 heterocycles. The van der Waals surface area contributed by atoms with Crippen molar-refractivity contribution >= 4 is 17.8 Å². The number of nitrogens with one attached hydrogen (secondary N) is 1. The summed E-state index contributed by atoms with van der Waals surface area (Å²) in [6.45, 7) is 0. The van der Waals surface area contributed by atoms with E-state index in [9.17, 15) is 14.4 Å². The first-order chi connectivity index (χ1) is 9.92. The van der Waals surface area contributed by atoms with E-state index in [1.165, 1.54) is 7.11 Å². The summed E-state index contributed by atoms with van der Waals surface area (Å²) < 4.78 is 5.00. The van der Waals surface area contributed by atoms with Crippen LogP contribution in [0.4, 0.5) is 0 Å². The summed E-state index contributed by atoms with van der Waals surface area (Å²) in [7, 11) is 1.54. The lowest BCUT2D eigenvalue weighted by molar-refractivity contribution is -0.142. The van der Waals surface area contributed by atoms with Gasteiger partial charge in [-0.25, -0.2) is 4.79 Å². The molecule has 0 aliphatic rings. The van der Waals surface area contributed by atoms with Crippen LogP contribution in [0.3, 0.4) is 0 Å². The van der Waals surface area contributed by atoms with E-state index >= 15 is 0 Å². The van der Waals surface area contributed by atoms with Crippen LogP contribution in [-0.2, 0) is 20.8 Å². The summed E-state index contributed by atoms with van der Waals surface area (Å²) >= 11 is 0. The van der Waals surface area contributed by atoms with Crippen LogP contribution in [0.1, 0.15) is 18.4 Å². The van der Waals surface area contributed by atoms with Crippen LogP contribution in [0.15, 0.2) is 24.3 Å². The van der Waals surface area contributed by atoms with Crippen LogP contribution < -0.4 is 15.8 Å². The van der Waals surface area contributed by atoms with E-state index in [-0.39, 0.29) is 19.3 Å². The number of nitrogens with two attached hydrogens (primary N) is 1. The van der Waals surface area contributed by atoms with Crippen LogP contribution in [-0.4, -0.2) is 36.0 Å². The Bertz CT molecular complexity index is 513. The van der Waals surface area contributed by atoms with Crippen molar-refractivity contribution in [2.45, 2.75) is 25.3 Å². The summed E-state index contributed by atoms with van der Waals surface area (Å²) in [6, 6.07) is 5.74. The zero-order chi connectivity index (χ0) is 15.8. The molecule has 0 bridgehead atoms. The molecule has 1 aromatic carbocycles. The van der Waals surface area contributed by atoms with E-state index in [0.29, 0.717) is 5.75 Å². The van der Waals surface area contributed by atoms with Gasteiger partial charge in [-0.2, -0.15) is 0 Å². The number of methoxy groups -OCH3 is 1. The summed E-state index contributed by atoms with van der Waals surface area (Å²) in [5, 5.41) is 11.4. The van der Waals surface area contributed by atoms with E-state index in [1.54, 1.807) is 24.3 Å². The molecule has 0 spiro atoms. The van der Waals surface area contributed by atoms with Crippen molar-refractivity contribution in [2.24, 2.45) is 5.73 Å². The Balaban J connectivity index is 2.56. The smallest absolute Gasteiger partial charge is 0.326 e. The molecule has 1 rings (SSSR count). The number of ether oxygens (including phenoxy) is 1. The normalized spacial score (nSPS) is 11.5. The fourth-order valence-corrected chi connectivity index (χ4v) is 1.72. The van der Waals surface area contributed by atoms with Gasteiger partial charge in [0.25, 0.3) is 0 Å². The highest BCUT2D eigenvalue weighted by molar-refractivity contribution is 5.85. The van der Waals surface area contributed by atoms with Gasteiger partial charge in [0.15, 0.2) is 0 Å². The van der Waals surface area contributed by atoms with E-state index in [0.717, 1.165) is 5.56 Å². The number of carbonyl (C=O) groups excluding carboxylic acids is 2. The number of rotatable bonds is 8. The van der Waals surface area contributed by atoms with Crippen molar-refractivity contribution < 1.29 is 24.2 Å². The maximum absolute atomic E-state index is 11.8. The van der Waals surface area contributed by atoms with E-state index in [2.05, 4.69) is 5.32 Å². The highest BCUT2D eigenvalue weighted by atomic mass is 16.5. The van der Waals surface area contributed by atoms with Gasteiger partial charge in [-0.3, -0.25) is 9.59 Å². The first-order valence-corrected chi connectivity index (χ1v) is 6.35. The van der Waals surface area contributed by atoms with E-state index in [1.807, 2.05) is 0 Å². The minimum Gasteiger partial charge on any atom is -0.497 e. The van der Waals surface area contributed by atoms with Crippen LogP contribution in [0.5, 0.6) is 5.75 Å². The third-order valence-electron chi connectivity index (χ3n) is 2.84. The second-order valence-corrected chi connectivity index (χ2v) is 4.49. The van der Waals surface area contributed by atoms with Crippen molar-refractivity contribution in [1.29, 1.82) is 0 Å². The molecule has 21 heavy (non-hydrogen) atoms. The van der Waals surface area contributed by atoms with E-state index in [4.69, 9.17) is 15.6 Å². The molecule has 0 aliphatic heterocycles. The molecule has 0 aromatic heterocycles. The molecule has 114 valence electrons. The van der Waals surface area contributed by atoms with Crippen molar-refractivity contribution in [3.8, 4) is 5.75 Å². The molecule has 0 unspecified atom stereocenters. The SMILES string of the molecule is COc1ccc(CC(=O)N[C@H](CCC(N)=O)C(=O)O)cc1. The number of benzene rings is 1. The minimum absolute atomic E-state index is 0.0288. The zero-order valence-corrected chi connectivity index (χ0v) is 11.7. The number of amides is 2. The summed E-state index contributed by atoms with van der Waals surface area (Å²) in [6.07, 6.45) is -0.0802. The fraction of sp³-hybridized carbons (Fsp3) is 0.357. The molecule has 0 radical (unpaired) electrons. The first kappa shape index (κ1) is 16.5. The molecule has 0 aliphatic carbocycles. The number of aliphatic carboxylic acids is 1. The predicted molar refractivity (Wildman–Crippen MR) is 74.7 cm³/mol. The van der Waals surface area contributed by atoms with Gasteiger partial charge in [0.1, 0.15) is 11.8 Å². The molecule has 0 fully saturated rings. The molecule has 1 aromatic rings. The molecular formula is C14H18N2O5. The summed E-state index contributed by atoms with van der Waals surface area (Å²) in [4.78, 5) is 33.5. The monoisotopic (exact) mass is 294 g/mol. The predicted octanol–water partition coefficient (Wildman–Crippen LogP) is 0.0726. The van der Waals surface area contributed by atoms with Crippen LogP contribution >= 0.6 is 0 Å². The third kappa shape index (κ3) is 5.94. The first-order valence-electron chi connectivity index (χ1n) is 6.35. The van der Waals surface area contributed by atoms with Gasteiger partial charge >= 0.3 is 5.97 Å². The van der Waals surface area contributed by atoms with Gasteiger partial charge in [0.2, 0.25) is 11.8 Å². The third-order valence-corrected chi connectivity index (χ3v) is 2.84. The van der Waals surface area contributed by atoms with Gasteiger partial charge in [-0.1, -0.05) is 12.1 Å². The molecular weight excluding hydrogens is 276 g/mol. The van der Waals surface area contributed by atoms with Crippen LogP contribution in [0.25, 0.3) is 0 Å². The van der Waals surface area contributed by atoms with Gasteiger partial charge < -0.3 is 20.9 Å². The van der Waals surface area contributed by atoms with Crippen molar-refractivity contribution in [3.63, 3.8) is 0 Å². The largest absolute Gasteiger partial charge is 0.497 e. The number of hydrogen-bond acceptors (Lipinski definition) is 4. The number of primary amides is 1. The van der Waals surface area contributed by atoms with Gasteiger partial charge in [0, 0.05) is 6.42 Å². The zero-order valence-electron chi connectivity index (χ0n) is 11.7. The summed E-state index contributed by atoms with van der Waals surface area (Å²) in [5.74, 6) is -1.56. The second kappa shape index (κ2) is 7.88. The van der Waals surface area contributed by atoms with Crippen molar-refractivity contribution in [2.75, 3.05) is 7.11 Å². The molecule has 7 nitrogen and oxygen atoms in total. The highest BCUT2D eigenvalue weighted by Gasteiger charge is 2.20. The van der Waals surface area contributed by atoms with E-state index < -0.39 is 23.8 Å². The standard InChI is InChI=1S/C14H18N2O5/c1-21-10-4-2-9(3-5-10)8-13(18)16-11(14(19)20)6-7-12(15)17/h2-5,11H,6-8H2,1H3,(H2,15,17)(H,16,18)(H,19,20)/t11-/m1/s1. The maximum Gasteiger partial charge on any atom is 0.326 e. The number of carbonyl (C=O) groups is 3. The minimum atomic E-state index is -1.20. The lowest BCUT2D eigenvalue weighted by Crippen LogP contribution is -2.42. The molecule has 1 atom stereocenters. The topological polar surface area (TPSA) is 119 Å². The Labute approximate surface area is 122 Å². The molecule has 0 saturated carbocycles. The summed E-state index contributed by atoms with van der Waals surface area (Å²) in [5.41, 5.74) is 5.70.